The minimum atomic E-state index is -1.09. The lowest BCUT2D eigenvalue weighted by Gasteiger charge is -2.14. The number of methoxy groups -OCH3 is 1. The van der Waals surface area contributed by atoms with Crippen LogP contribution in [0.1, 0.15) is 24.2 Å². The number of aldehydes is 1. The Morgan fingerprint density at radius 3 is 2.48 bits per heavy atom. The van der Waals surface area contributed by atoms with Crippen molar-refractivity contribution in [2.24, 2.45) is 0 Å². The number of rotatable bonds is 6. The minimum Gasteiger partial charge on any atom is -0.493 e. The maximum Gasteiger partial charge on any atom is 0.352 e. The predicted molar refractivity (Wildman–Crippen MR) is 74.4 cm³/mol. The number of esters is 2. The van der Waals surface area contributed by atoms with E-state index in [1.165, 1.54) is 39.2 Å². The first-order chi connectivity index (χ1) is 9.88. The summed E-state index contributed by atoms with van der Waals surface area (Å²) >= 11 is 0. The van der Waals surface area contributed by atoms with E-state index in [4.69, 9.17) is 14.2 Å². The van der Waals surface area contributed by atoms with Crippen molar-refractivity contribution < 1.29 is 28.6 Å². The smallest absolute Gasteiger partial charge is 0.352 e. The molecule has 0 aromatic heterocycles. The van der Waals surface area contributed by atoms with Gasteiger partial charge in [0.05, 0.1) is 7.11 Å². The van der Waals surface area contributed by atoms with E-state index >= 15 is 0 Å². The summed E-state index contributed by atoms with van der Waals surface area (Å²) in [6.45, 7) is 6.28. The number of carbonyl (C=O) groups is 3. The van der Waals surface area contributed by atoms with E-state index in [1.54, 1.807) is 0 Å². The summed E-state index contributed by atoms with van der Waals surface area (Å²) < 4.78 is 15.0. The third-order valence-corrected chi connectivity index (χ3v) is 2.50. The van der Waals surface area contributed by atoms with Crippen molar-refractivity contribution in [1.29, 1.82) is 0 Å². The highest BCUT2D eigenvalue weighted by Crippen LogP contribution is 2.28. The first kappa shape index (κ1) is 16.4. The zero-order chi connectivity index (χ0) is 16.0. The van der Waals surface area contributed by atoms with Gasteiger partial charge in [0.2, 0.25) is 0 Å². The Balaban J connectivity index is 2.80. The second-order valence-electron chi connectivity index (χ2n) is 4.28. The van der Waals surface area contributed by atoms with Crippen molar-refractivity contribution in [3.05, 3.63) is 35.9 Å². The van der Waals surface area contributed by atoms with Gasteiger partial charge in [0.25, 0.3) is 0 Å². The second-order valence-corrected chi connectivity index (χ2v) is 4.28. The van der Waals surface area contributed by atoms with Gasteiger partial charge in [0, 0.05) is 11.1 Å². The maximum atomic E-state index is 11.8. The molecule has 112 valence electrons. The quantitative estimate of drug-likeness (QED) is 0.345. The molecular weight excluding hydrogens is 276 g/mol. The van der Waals surface area contributed by atoms with E-state index in [1.807, 2.05) is 0 Å². The van der Waals surface area contributed by atoms with Crippen molar-refractivity contribution in [2.75, 3.05) is 7.11 Å². The van der Waals surface area contributed by atoms with Crippen LogP contribution in [0, 0.1) is 0 Å². The third kappa shape index (κ3) is 4.45. The number of hydrogen-bond acceptors (Lipinski definition) is 6. The molecule has 6 nitrogen and oxygen atoms in total. The first-order valence-electron chi connectivity index (χ1n) is 6.10. The van der Waals surface area contributed by atoms with Gasteiger partial charge in [-0.1, -0.05) is 6.58 Å². The van der Waals surface area contributed by atoms with E-state index < -0.39 is 18.0 Å². The second kappa shape index (κ2) is 7.23. The summed E-state index contributed by atoms with van der Waals surface area (Å²) in [5.41, 5.74) is 0.566. The van der Waals surface area contributed by atoms with Gasteiger partial charge in [-0.2, -0.15) is 0 Å². The van der Waals surface area contributed by atoms with Crippen molar-refractivity contribution in [1.82, 2.24) is 0 Å². The van der Waals surface area contributed by atoms with E-state index in [2.05, 4.69) is 6.58 Å². The molecule has 0 saturated heterocycles. The van der Waals surface area contributed by atoms with Crippen LogP contribution in [0.4, 0.5) is 0 Å². The average Bonchev–Trinajstić information content (AvgIpc) is 2.47. The molecule has 0 saturated carbocycles. The van der Waals surface area contributed by atoms with Crippen molar-refractivity contribution in [3.8, 4) is 11.5 Å². The molecule has 0 spiro atoms. The van der Waals surface area contributed by atoms with Crippen LogP contribution in [-0.4, -0.2) is 31.4 Å². The SMILES string of the molecule is C=C(C)C(=O)OC(C)C(=O)Oc1ccc(C=O)cc1OC. The lowest BCUT2D eigenvalue weighted by atomic mass is 10.2. The van der Waals surface area contributed by atoms with Crippen LogP contribution < -0.4 is 9.47 Å². The standard InChI is InChI=1S/C15H16O6/c1-9(2)14(17)20-10(3)15(18)21-12-6-5-11(8-16)7-13(12)19-4/h5-8,10H,1H2,2-4H3. The first-order valence-corrected chi connectivity index (χ1v) is 6.10. The fourth-order valence-electron chi connectivity index (χ4n) is 1.34. The van der Waals surface area contributed by atoms with Gasteiger partial charge >= 0.3 is 11.9 Å². The molecule has 0 heterocycles. The summed E-state index contributed by atoms with van der Waals surface area (Å²) in [7, 11) is 1.38. The highest BCUT2D eigenvalue weighted by atomic mass is 16.6. The topological polar surface area (TPSA) is 78.9 Å². The fraction of sp³-hybridized carbons (Fsp3) is 0.267. The molecule has 6 heteroatoms. The molecule has 0 radical (unpaired) electrons. The van der Waals surface area contributed by atoms with Gasteiger partial charge in [-0.05, 0) is 32.0 Å². The molecule has 1 aromatic rings. The monoisotopic (exact) mass is 292 g/mol. The van der Waals surface area contributed by atoms with Gasteiger partial charge in [-0.15, -0.1) is 0 Å². The van der Waals surface area contributed by atoms with Crippen LogP contribution in [-0.2, 0) is 14.3 Å². The Labute approximate surface area is 122 Å². The van der Waals surface area contributed by atoms with E-state index in [-0.39, 0.29) is 17.1 Å². The third-order valence-electron chi connectivity index (χ3n) is 2.50. The van der Waals surface area contributed by atoms with Gasteiger partial charge in [0.1, 0.15) is 6.29 Å². The van der Waals surface area contributed by atoms with Gasteiger partial charge in [0.15, 0.2) is 17.6 Å². The van der Waals surface area contributed by atoms with E-state index in [9.17, 15) is 14.4 Å². The van der Waals surface area contributed by atoms with Crippen LogP contribution >= 0.6 is 0 Å². The molecule has 0 N–H and O–H groups in total. The average molecular weight is 292 g/mol. The van der Waals surface area contributed by atoms with Crippen LogP contribution in [0.2, 0.25) is 0 Å². The number of carbonyl (C=O) groups excluding carboxylic acids is 3. The molecule has 1 atom stereocenters. The molecule has 0 aliphatic rings. The Morgan fingerprint density at radius 1 is 1.29 bits per heavy atom. The normalized spacial score (nSPS) is 11.2. The van der Waals surface area contributed by atoms with Crippen molar-refractivity contribution in [3.63, 3.8) is 0 Å². The predicted octanol–water partition coefficient (Wildman–Crippen LogP) is 1.92. The highest BCUT2D eigenvalue weighted by molar-refractivity contribution is 5.89. The Morgan fingerprint density at radius 2 is 1.95 bits per heavy atom. The number of benzene rings is 1. The number of hydrogen-bond donors (Lipinski definition) is 0. The Hall–Kier alpha value is -2.63. The lowest BCUT2D eigenvalue weighted by molar-refractivity contribution is -0.158. The summed E-state index contributed by atoms with van der Waals surface area (Å²) in [5, 5.41) is 0. The Bertz CT molecular complexity index is 576. The Kier molecular flexibility index (Phi) is 5.66. The van der Waals surface area contributed by atoms with E-state index in [0.717, 1.165) is 0 Å². The molecule has 21 heavy (non-hydrogen) atoms. The lowest BCUT2D eigenvalue weighted by Crippen LogP contribution is -2.28. The summed E-state index contributed by atoms with van der Waals surface area (Å²) in [6.07, 6.45) is -0.449. The fourth-order valence-corrected chi connectivity index (χ4v) is 1.34. The molecule has 0 amide bonds. The van der Waals surface area contributed by atoms with Crippen molar-refractivity contribution in [2.45, 2.75) is 20.0 Å². The van der Waals surface area contributed by atoms with Crippen LogP contribution in [0.15, 0.2) is 30.4 Å². The summed E-state index contributed by atoms with van der Waals surface area (Å²) in [6, 6.07) is 4.33. The maximum absolute atomic E-state index is 11.8. The zero-order valence-corrected chi connectivity index (χ0v) is 12.0. The largest absolute Gasteiger partial charge is 0.493 e. The summed E-state index contributed by atoms with van der Waals surface area (Å²) in [5.74, 6) is -1.08. The van der Waals surface area contributed by atoms with Gasteiger partial charge in [-0.3, -0.25) is 4.79 Å². The van der Waals surface area contributed by atoms with Gasteiger partial charge in [-0.25, -0.2) is 9.59 Å². The molecule has 1 rings (SSSR count). The number of ether oxygens (including phenoxy) is 3. The molecule has 0 bridgehead atoms. The van der Waals surface area contributed by atoms with Crippen LogP contribution in [0.3, 0.4) is 0 Å². The van der Waals surface area contributed by atoms with Crippen molar-refractivity contribution >= 4 is 18.2 Å². The summed E-state index contributed by atoms with van der Waals surface area (Å²) in [4.78, 5) is 33.8. The molecule has 0 aliphatic heterocycles. The minimum absolute atomic E-state index is 0.131. The van der Waals surface area contributed by atoms with Crippen LogP contribution in [0.25, 0.3) is 0 Å². The van der Waals surface area contributed by atoms with Gasteiger partial charge < -0.3 is 14.2 Å². The van der Waals surface area contributed by atoms with Crippen LogP contribution in [0.5, 0.6) is 11.5 Å². The molecule has 0 aliphatic carbocycles. The zero-order valence-electron chi connectivity index (χ0n) is 12.0. The van der Waals surface area contributed by atoms with E-state index in [0.29, 0.717) is 11.8 Å². The molecule has 1 unspecified atom stereocenters. The molecule has 1 aromatic carbocycles. The molecular formula is C15H16O6. The highest BCUT2D eigenvalue weighted by Gasteiger charge is 2.21. The molecule has 0 fully saturated rings.